The van der Waals surface area contributed by atoms with E-state index in [-0.39, 0.29) is 5.24 Å². The maximum atomic E-state index is 10.3. The summed E-state index contributed by atoms with van der Waals surface area (Å²) in [4.78, 5) is 14.1. The molecule has 1 aromatic heterocycles. The third kappa shape index (κ3) is 2.19. The average molecular weight is 159 g/mol. The molecule has 0 saturated carbocycles. The van der Waals surface area contributed by atoms with Crippen LogP contribution in [0, 0.1) is 0 Å². The van der Waals surface area contributed by atoms with E-state index in [1.807, 2.05) is 0 Å². The molecule has 0 atom stereocenters. The number of halogens is 1. The summed E-state index contributed by atoms with van der Waals surface area (Å²) >= 11 is 5.12. The first-order valence-electron chi connectivity index (χ1n) is 2.93. The van der Waals surface area contributed by atoms with Crippen LogP contribution in [-0.2, 0) is 11.3 Å². The second-order valence-electron chi connectivity index (χ2n) is 1.91. The maximum absolute atomic E-state index is 10.3. The van der Waals surface area contributed by atoms with Crippen molar-refractivity contribution in [2.24, 2.45) is 0 Å². The lowest BCUT2D eigenvalue weighted by molar-refractivity contribution is -0.111. The smallest absolute Gasteiger partial charge is 0.223 e. The third-order valence-electron chi connectivity index (χ3n) is 1.13. The average Bonchev–Trinajstić information content (AvgIpc) is 2.34. The topological polar surface area (TPSA) is 34.9 Å². The van der Waals surface area contributed by atoms with Gasteiger partial charge in [-0.2, -0.15) is 0 Å². The van der Waals surface area contributed by atoms with Crippen molar-refractivity contribution >= 4 is 16.8 Å². The van der Waals surface area contributed by atoms with E-state index in [9.17, 15) is 4.79 Å². The van der Waals surface area contributed by atoms with Gasteiger partial charge in [-0.15, -0.1) is 0 Å². The summed E-state index contributed by atoms with van der Waals surface area (Å²) in [5, 5.41) is -0.311. The first-order valence-corrected chi connectivity index (χ1v) is 3.31. The monoisotopic (exact) mass is 158 g/mol. The zero-order chi connectivity index (χ0) is 7.40. The van der Waals surface area contributed by atoms with Crippen LogP contribution in [0.2, 0.25) is 0 Å². The van der Waals surface area contributed by atoms with Crippen molar-refractivity contribution in [2.75, 3.05) is 0 Å². The number of hydrogen-bond acceptors (Lipinski definition) is 2. The predicted octanol–water partition coefficient (Wildman–Crippen LogP) is 1.04. The van der Waals surface area contributed by atoms with Gasteiger partial charge < -0.3 is 4.57 Å². The van der Waals surface area contributed by atoms with Gasteiger partial charge in [-0.3, -0.25) is 4.79 Å². The SMILES string of the molecule is O=C(Cl)CCn1ccnc1. The molecule has 1 rings (SSSR count). The molecule has 0 bridgehead atoms. The molecular weight excluding hydrogens is 152 g/mol. The van der Waals surface area contributed by atoms with Gasteiger partial charge in [-0.1, -0.05) is 0 Å². The fourth-order valence-corrected chi connectivity index (χ4v) is 0.721. The van der Waals surface area contributed by atoms with Crippen LogP contribution in [0.1, 0.15) is 6.42 Å². The molecular formula is C6H7ClN2O. The number of aromatic nitrogens is 2. The van der Waals surface area contributed by atoms with Gasteiger partial charge in [0.1, 0.15) is 0 Å². The van der Waals surface area contributed by atoms with E-state index < -0.39 is 0 Å². The zero-order valence-electron chi connectivity index (χ0n) is 5.33. The van der Waals surface area contributed by atoms with Gasteiger partial charge in [0.15, 0.2) is 0 Å². The summed E-state index contributed by atoms with van der Waals surface area (Å²) in [6.45, 7) is 0.613. The Balaban J connectivity index is 2.35. The van der Waals surface area contributed by atoms with Gasteiger partial charge in [0.25, 0.3) is 0 Å². The number of carbonyl (C=O) groups excluding carboxylic acids is 1. The van der Waals surface area contributed by atoms with Gasteiger partial charge in [-0.05, 0) is 11.6 Å². The number of nitrogens with zero attached hydrogens (tertiary/aromatic N) is 2. The molecule has 1 heterocycles. The van der Waals surface area contributed by atoms with Crippen LogP contribution in [0.25, 0.3) is 0 Å². The lowest BCUT2D eigenvalue weighted by Gasteiger charge is -1.95. The summed E-state index contributed by atoms with van der Waals surface area (Å²) in [5.74, 6) is 0. The van der Waals surface area contributed by atoms with Crippen molar-refractivity contribution in [3.8, 4) is 0 Å². The standard InChI is InChI=1S/C6H7ClN2O/c7-6(10)1-3-9-4-2-8-5-9/h2,4-5H,1,3H2. The molecule has 0 aliphatic carbocycles. The normalized spacial score (nSPS) is 9.70. The van der Waals surface area contributed by atoms with Gasteiger partial charge in [-0.25, -0.2) is 4.98 Å². The van der Waals surface area contributed by atoms with Crippen molar-refractivity contribution in [1.82, 2.24) is 9.55 Å². The Labute approximate surface area is 63.6 Å². The van der Waals surface area contributed by atoms with Crippen LogP contribution in [0.15, 0.2) is 18.7 Å². The fraction of sp³-hybridized carbons (Fsp3) is 0.333. The first kappa shape index (κ1) is 7.28. The van der Waals surface area contributed by atoms with Crippen LogP contribution < -0.4 is 0 Å². The minimum absolute atomic E-state index is 0.311. The van der Waals surface area contributed by atoms with E-state index in [0.29, 0.717) is 13.0 Å². The molecule has 0 aliphatic rings. The molecule has 4 heteroatoms. The molecule has 3 nitrogen and oxygen atoms in total. The molecule has 0 N–H and O–H groups in total. The van der Waals surface area contributed by atoms with Gasteiger partial charge in [0, 0.05) is 25.4 Å². The number of aryl methyl sites for hydroxylation is 1. The molecule has 0 radical (unpaired) electrons. The van der Waals surface area contributed by atoms with Crippen LogP contribution in [0.3, 0.4) is 0 Å². The van der Waals surface area contributed by atoms with Crippen LogP contribution in [-0.4, -0.2) is 14.8 Å². The quantitative estimate of drug-likeness (QED) is 0.616. The van der Waals surface area contributed by atoms with E-state index >= 15 is 0 Å². The number of hydrogen-bond donors (Lipinski definition) is 0. The Bertz CT molecular complexity index is 208. The molecule has 0 spiro atoms. The van der Waals surface area contributed by atoms with Crippen molar-refractivity contribution in [1.29, 1.82) is 0 Å². The zero-order valence-corrected chi connectivity index (χ0v) is 6.08. The molecule has 0 saturated heterocycles. The van der Waals surface area contributed by atoms with Crippen LogP contribution >= 0.6 is 11.6 Å². The van der Waals surface area contributed by atoms with Crippen molar-refractivity contribution in [2.45, 2.75) is 13.0 Å². The molecule has 54 valence electrons. The number of imidazole rings is 1. The van der Waals surface area contributed by atoms with E-state index in [2.05, 4.69) is 4.98 Å². The van der Waals surface area contributed by atoms with Crippen molar-refractivity contribution in [3.63, 3.8) is 0 Å². The van der Waals surface area contributed by atoms with Gasteiger partial charge in [0.2, 0.25) is 5.24 Å². The fourth-order valence-electron chi connectivity index (χ4n) is 0.636. The minimum atomic E-state index is -0.311. The first-order chi connectivity index (χ1) is 4.79. The molecule has 0 aromatic carbocycles. The second kappa shape index (κ2) is 3.37. The maximum Gasteiger partial charge on any atom is 0.223 e. The summed E-state index contributed by atoms with van der Waals surface area (Å²) in [6, 6.07) is 0. The molecule has 0 unspecified atom stereocenters. The predicted molar refractivity (Wildman–Crippen MR) is 37.7 cm³/mol. The van der Waals surface area contributed by atoms with Crippen molar-refractivity contribution in [3.05, 3.63) is 18.7 Å². The number of rotatable bonds is 3. The lowest BCUT2D eigenvalue weighted by atomic mass is 10.5. The van der Waals surface area contributed by atoms with Crippen LogP contribution in [0.4, 0.5) is 0 Å². The molecule has 10 heavy (non-hydrogen) atoms. The Morgan fingerprint density at radius 1 is 1.70 bits per heavy atom. The van der Waals surface area contributed by atoms with Crippen LogP contribution in [0.5, 0.6) is 0 Å². The van der Waals surface area contributed by atoms with E-state index in [1.54, 1.807) is 23.3 Å². The Hall–Kier alpha value is -0.830. The Morgan fingerprint density at radius 2 is 2.50 bits per heavy atom. The summed E-state index contributed by atoms with van der Waals surface area (Å²) in [5.41, 5.74) is 0. The highest BCUT2D eigenvalue weighted by Gasteiger charge is 1.95. The minimum Gasteiger partial charge on any atom is -0.337 e. The molecule has 0 amide bonds. The van der Waals surface area contributed by atoms with Crippen molar-refractivity contribution < 1.29 is 4.79 Å². The van der Waals surface area contributed by atoms with Gasteiger partial charge in [0.05, 0.1) is 6.33 Å². The molecule has 1 aromatic rings. The summed E-state index contributed by atoms with van der Waals surface area (Å²) < 4.78 is 1.81. The molecule has 0 aliphatic heterocycles. The third-order valence-corrected chi connectivity index (χ3v) is 1.31. The highest BCUT2D eigenvalue weighted by Crippen LogP contribution is 1.93. The lowest BCUT2D eigenvalue weighted by Crippen LogP contribution is -1.97. The Morgan fingerprint density at radius 3 is 3.00 bits per heavy atom. The Kier molecular flexibility index (Phi) is 2.45. The van der Waals surface area contributed by atoms with E-state index in [0.717, 1.165) is 0 Å². The highest BCUT2D eigenvalue weighted by atomic mass is 35.5. The highest BCUT2D eigenvalue weighted by molar-refractivity contribution is 6.63. The number of carbonyl (C=O) groups is 1. The summed E-state index contributed by atoms with van der Waals surface area (Å²) in [7, 11) is 0. The van der Waals surface area contributed by atoms with Gasteiger partial charge >= 0.3 is 0 Å². The van der Waals surface area contributed by atoms with E-state index in [1.165, 1.54) is 0 Å². The largest absolute Gasteiger partial charge is 0.337 e. The molecule has 0 fully saturated rings. The summed E-state index contributed by atoms with van der Waals surface area (Å²) in [6.07, 6.45) is 5.47. The van der Waals surface area contributed by atoms with E-state index in [4.69, 9.17) is 11.6 Å². The second-order valence-corrected chi connectivity index (χ2v) is 2.33.